The number of anilines is 3. The Morgan fingerprint density at radius 3 is 1.42 bits per heavy atom. The van der Waals surface area contributed by atoms with Crippen LogP contribution in [-0.2, 0) is 5.41 Å². The van der Waals surface area contributed by atoms with E-state index in [4.69, 9.17) is 0 Å². The number of benzene rings is 9. The molecule has 0 heterocycles. The van der Waals surface area contributed by atoms with E-state index in [0.717, 1.165) is 35.0 Å². The van der Waals surface area contributed by atoms with Crippen LogP contribution in [0.4, 0.5) is 17.1 Å². The van der Waals surface area contributed by atoms with Gasteiger partial charge < -0.3 is 4.90 Å². The molecule has 0 atom stereocenters. The highest BCUT2D eigenvalue weighted by Gasteiger charge is 2.61. The quantitative estimate of drug-likeness (QED) is 0.152. The van der Waals surface area contributed by atoms with E-state index in [1.165, 1.54) is 109 Å². The second kappa shape index (κ2) is 13.9. The molecule has 9 aromatic rings. The monoisotopic (exact) mass is 795 g/mol. The predicted molar refractivity (Wildman–Crippen MR) is 260 cm³/mol. The number of hydrogen-bond acceptors (Lipinski definition) is 1. The van der Waals surface area contributed by atoms with E-state index >= 15 is 0 Å². The Morgan fingerprint density at radius 2 is 0.839 bits per heavy atom. The van der Waals surface area contributed by atoms with Gasteiger partial charge in [0.25, 0.3) is 0 Å². The summed E-state index contributed by atoms with van der Waals surface area (Å²) < 4.78 is 0. The smallest absolute Gasteiger partial charge is 0.0618 e. The highest BCUT2D eigenvalue weighted by molar-refractivity contribution is 6.22. The summed E-state index contributed by atoms with van der Waals surface area (Å²) in [5.74, 6) is 3.38. The molecule has 0 N–H and O–H groups in total. The first-order valence-electron chi connectivity index (χ1n) is 22.9. The minimum Gasteiger partial charge on any atom is -0.309 e. The fourth-order valence-corrected chi connectivity index (χ4v) is 13.4. The second-order valence-corrected chi connectivity index (χ2v) is 19.0. The number of hydrogen-bond donors (Lipinski definition) is 0. The predicted octanol–water partition coefficient (Wildman–Crippen LogP) is 16.5. The average molecular weight is 796 g/mol. The molecular formula is C61H49N. The van der Waals surface area contributed by atoms with Crippen molar-refractivity contribution in [2.45, 2.75) is 44.4 Å². The molecule has 0 aliphatic heterocycles. The second-order valence-electron chi connectivity index (χ2n) is 19.0. The minimum atomic E-state index is 0.164. The molecule has 0 radical (unpaired) electrons. The van der Waals surface area contributed by atoms with E-state index in [-0.39, 0.29) is 5.41 Å². The van der Waals surface area contributed by atoms with Gasteiger partial charge in [0.05, 0.1) is 5.69 Å². The van der Waals surface area contributed by atoms with Crippen molar-refractivity contribution in [1.29, 1.82) is 0 Å². The van der Waals surface area contributed by atoms with Gasteiger partial charge >= 0.3 is 0 Å². The lowest BCUT2D eigenvalue weighted by Gasteiger charge is -2.61. The molecule has 4 bridgehead atoms. The van der Waals surface area contributed by atoms with Gasteiger partial charge in [0, 0.05) is 27.6 Å². The Hall–Kier alpha value is -6.70. The molecule has 4 saturated carbocycles. The summed E-state index contributed by atoms with van der Waals surface area (Å²) in [4.78, 5) is 2.50. The Labute approximate surface area is 365 Å². The molecule has 0 unspecified atom stereocenters. The van der Waals surface area contributed by atoms with Gasteiger partial charge in [0.2, 0.25) is 0 Å². The number of fused-ring (bicyclic) bond motifs is 5. The minimum absolute atomic E-state index is 0.164. The highest BCUT2D eigenvalue weighted by atomic mass is 15.1. The Bertz CT molecular complexity index is 3090. The molecule has 0 amide bonds. The maximum Gasteiger partial charge on any atom is 0.0618 e. The third kappa shape index (κ3) is 5.34. The largest absolute Gasteiger partial charge is 0.309 e. The van der Waals surface area contributed by atoms with E-state index in [0.29, 0.717) is 0 Å². The summed E-state index contributed by atoms with van der Waals surface area (Å²) in [7, 11) is 0. The van der Waals surface area contributed by atoms with Gasteiger partial charge in [0.1, 0.15) is 0 Å². The van der Waals surface area contributed by atoms with Gasteiger partial charge in [-0.1, -0.05) is 169 Å². The van der Waals surface area contributed by atoms with Crippen molar-refractivity contribution < 1.29 is 0 Å². The molecule has 0 saturated heterocycles. The molecule has 5 aliphatic rings. The maximum atomic E-state index is 2.59. The molecule has 62 heavy (non-hydrogen) atoms. The number of nitrogens with zero attached hydrogens (tertiary/aromatic N) is 1. The summed E-state index contributed by atoms with van der Waals surface area (Å²) in [6, 6.07) is 73.4. The van der Waals surface area contributed by atoms with Crippen molar-refractivity contribution in [2.24, 2.45) is 23.7 Å². The Kier molecular flexibility index (Phi) is 8.08. The molecule has 1 heteroatoms. The van der Waals surface area contributed by atoms with Gasteiger partial charge in [0.15, 0.2) is 0 Å². The van der Waals surface area contributed by atoms with Crippen molar-refractivity contribution in [1.82, 2.24) is 0 Å². The standard InChI is InChI=1S/C61H49N/c1-39-19-21-43(22-20-39)45-25-30-50(31-26-45)62(49-28-23-44(24-29-49)42-11-3-2-4-12-42)60-54-16-7-5-14-52(54)59(53-15-6-8-17-55(53)60)46-27-32-58-56(38-46)51-13-9-10-18-57(51)61(58)47-34-40-33-41(36-47)37-48(61)35-40/h2-32,38,40-41,47-48H,33-37H2,1H3. The third-order valence-corrected chi connectivity index (χ3v) is 15.7. The van der Waals surface area contributed by atoms with E-state index < -0.39 is 0 Å². The summed E-state index contributed by atoms with van der Waals surface area (Å²) in [5.41, 5.74) is 18.6. The average Bonchev–Trinajstić information content (AvgIpc) is 3.61. The van der Waals surface area contributed by atoms with Crippen LogP contribution in [0, 0.1) is 30.6 Å². The molecule has 9 aromatic carbocycles. The van der Waals surface area contributed by atoms with Crippen LogP contribution >= 0.6 is 0 Å². The van der Waals surface area contributed by atoms with Crippen LogP contribution in [-0.4, -0.2) is 0 Å². The Balaban J connectivity index is 1.01. The summed E-state index contributed by atoms with van der Waals surface area (Å²) in [6.45, 7) is 2.15. The lowest BCUT2D eigenvalue weighted by Crippen LogP contribution is -2.55. The van der Waals surface area contributed by atoms with Crippen molar-refractivity contribution in [3.63, 3.8) is 0 Å². The fraction of sp³-hybridized carbons (Fsp3) is 0.180. The van der Waals surface area contributed by atoms with Crippen LogP contribution in [0.5, 0.6) is 0 Å². The number of rotatable bonds is 6. The lowest BCUT2D eigenvalue weighted by molar-refractivity contribution is -0.0399. The van der Waals surface area contributed by atoms with Crippen LogP contribution < -0.4 is 4.90 Å². The van der Waals surface area contributed by atoms with Crippen molar-refractivity contribution in [2.75, 3.05) is 4.90 Å². The zero-order valence-corrected chi connectivity index (χ0v) is 35.3. The van der Waals surface area contributed by atoms with Crippen LogP contribution in [0.3, 0.4) is 0 Å². The lowest BCUT2D eigenvalue weighted by atomic mass is 9.43. The van der Waals surface area contributed by atoms with E-state index in [1.807, 2.05) is 0 Å². The van der Waals surface area contributed by atoms with Crippen molar-refractivity contribution >= 4 is 38.6 Å². The zero-order chi connectivity index (χ0) is 40.9. The maximum absolute atomic E-state index is 2.59. The van der Waals surface area contributed by atoms with E-state index in [2.05, 4.69) is 206 Å². The first-order valence-corrected chi connectivity index (χ1v) is 22.9. The fourth-order valence-electron chi connectivity index (χ4n) is 13.4. The summed E-state index contributed by atoms with van der Waals surface area (Å²) >= 11 is 0. The molecule has 1 nitrogen and oxygen atoms in total. The van der Waals surface area contributed by atoms with Crippen LogP contribution in [0.25, 0.3) is 66.1 Å². The van der Waals surface area contributed by atoms with E-state index in [1.54, 1.807) is 11.1 Å². The zero-order valence-electron chi connectivity index (χ0n) is 35.3. The van der Waals surface area contributed by atoms with Crippen LogP contribution in [0.2, 0.25) is 0 Å². The topological polar surface area (TPSA) is 3.24 Å². The van der Waals surface area contributed by atoms with Gasteiger partial charge in [-0.15, -0.1) is 0 Å². The molecular weight excluding hydrogens is 747 g/mol. The molecule has 5 aliphatic carbocycles. The van der Waals surface area contributed by atoms with Gasteiger partial charge in [-0.25, -0.2) is 0 Å². The normalized spacial score (nSPS) is 21.7. The molecule has 14 rings (SSSR count). The SMILES string of the molecule is Cc1ccc(-c2ccc(N(c3ccc(-c4ccccc4)cc3)c3c4ccccc4c(-c4ccc5c(c4)-c4ccccc4C54C5CC6CC(C5)CC4C6)c4ccccc34)cc2)cc1. The molecule has 4 fully saturated rings. The first kappa shape index (κ1) is 36.0. The van der Waals surface area contributed by atoms with Gasteiger partial charge in [-0.05, 0) is 159 Å². The van der Waals surface area contributed by atoms with Gasteiger partial charge in [-0.2, -0.15) is 0 Å². The van der Waals surface area contributed by atoms with E-state index in [9.17, 15) is 0 Å². The Morgan fingerprint density at radius 1 is 0.387 bits per heavy atom. The molecule has 298 valence electrons. The number of aryl methyl sites for hydroxylation is 1. The summed E-state index contributed by atoms with van der Waals surface area (Å²) in [6.07, 6.45) is 7.08. The van der Waals surface area contributed by atoms with Crippen LogP contribution in [0.1, 0.15) is 48.8 Å². The first-order chi connectivity index (χ1) is 30.6. The van der Waals surface area contributed by atoms with Crippen molar-refractivity contribution in [3.05, 3.63) is 211 Å². The summed E-state index contributed by atoms with van der Waals surface area (Å²) in [5, 5.41) is 5.04. The third-order valence-electron chi connectivity index (χ3n) is 15.7. The van der Waals surface area contributed by atoms with Gasteiger partial charge in [-0.3, -0.25) is 0 Å². The van der Waals surface area contributed by atoms with Crippen LogP contribution in [0.15, 0.2) is 194 Å². The molecule has 0 aromatic heterocycles. The highest BCUT2D eigenvalue weighted by Crippen LogP contribution is 2.69. The van der Waals surface area contributed by atoms with Crippen molar-refractivity contribution in [3.8, 4) is 44.5 Å². The molecule has 1 spiro atoms.